The molecule has 1 aromatic heterocycles. The third kappa shape index (κ3) is 2.94. The van der Waals surface area contributed by atoms with Gasteiger partial charge in [-0.15, -0.1) is 11.3 Å². The lowest BCUT2D eigenvalue weighted by atomic mass is 9.88. The summed E-state index contributed by atoms with van der Waals surface area (Å²) >= 11 is 1.32. The SMILES string of the molecule is CC(C)(C)c1ncsc1C(=O)N1Cc2ccccc2C(C(=O)O)C1. The Morgan fingerprint density at radius 2 is 2.00 bits per heavy atom. The fourth-order valence-corrected chi connectivity index (χ4v) is 4.01. The molecule has 2 aromatic rings. The van der Waals surface area contributed by atoms with Crippen LogP contribution in [-0.2, 0) is 16.8 Å². The standard InChI is InChI=1S/C18H20N2O3S/c1-18(2,3)15-14(24-10-19-15)16(21)20-8-11-6-4-5-7-12(11)13(9-20)17(22)23/h4-7,10,13H,8-9H2,1-3H3,(H,22,23). The van der Waals surface area contributed by atoms with Crippen molar-refractivity contribution >= 4 is 23.2 Å². The summed E-state index contributed by atoms with van der Waals surface area (Å²) in [5.74, 6) is -1.73. The van der Waals surface area contributed by atoms with Gasteiger partial charge >= 0.3 is 5.97 Å². The maximum atomic E-state index is 13.0. The topological polar surface area (TPSA) is 70.5 Å². The molecule has 1 amide bonds. The van der Waals surface area contributed by atoms with E-state index in [2.05, 4.69) is 4.98 Å². The maximum Gasteiger partial charge on any atom is 0.312 e. The van der Waals surface area contributed by atoms with Crippen molar-refractivity contribution in [2.24, 2.45) is 0 Å². The first kappa shape index (κ1) is 16.6. The highest BCUT2D eigenvalue weighted by atomic mass is 32.1. The fraction of sp³-hybridized carbons (Fsp3) is 0.389. The molecule has 0 fully saturated rings. The van der Waals surface area contributed by atoms with Crippen LogP contribution in [0.5, 0.6) is 0 Å². The monoisotopic (exact) mass is 344 g/mol. The van der Waals surface area contributed by atoms with Crippen molar-refractivity contribution in [2.75, 3.05) is 6.54 Å². The molecule has 1 aromatic carbocycles. The maximum absolute atomic E-state index is 13.0. The second kappa shape index (κ2) is 6.02. The number of aromatic nitrogens is 1. The van der Waals surface area contributed by atoms with Crippen LogP contribution < -0.4 is 0 Å². The van der Waals surface area contributed by atoms with Crippen LogP contribution in [0.15, 0.2) is 29.8 Å². The second-order valence-electron chi connectivity index (χ2n) is 7.06. The number of thiazole rings is 1. The van der Waals surface area contributed by atoms with Gasteiger partial charge in [-0.05, 0) is 11.1 Å². The summed E-state index contributed by atoms with van der Waals surface area (Å²) < 4.78 is 0. The summed E-state index contributed by atoms with van der Waals surface area (Å²) in [5.41, 5.74) is 3.91. The Morgan fingerprint density at radius 1 is 1.29 bits per heavy atom. The molecule has 0 radical (unpaired) electrons. The number of fused-ring (bicyclic) bond motifs is 1. The van der Waals surface area contributed by atoms with E-state index in [1.54, 1.807) is 10.4 Å². The number of hydrogen-bond acceptors (Lipinski definition) is 4. The van der Waals surface area contributed by atoms with Crippen LogP contribution in [0.1, 0.15) is 53.2 Å². The Balaban J connectivity index is 1.96. The van der Waals surface area contributed by atoms with Gasteiger partial charge in [0.05, 0.1) is 17.1 Å². The van der Waals surface area contributed by atoms with Crippen LogP contribution in [0.2, 0.25) is 0 Å². The van der Waals surface area contributed by atoms with E-state index in [1.807, 2.05) is 45.0 Å². The lowest BCUT2D eigenvalue weighted by molar-refractivity contribution is -0.139. The van der Waals surface area contributed by atoms with Gasteiger partial charge in [0.2, 0.25) is 0 Å². The van der Waals surface area contributed by atoms with Gasteiger partial charge in [-0.3, -0.25) is 9.59 Å². The quantitative estimate of drug-likeness (QED) is 0.908. The zero-order valence-corrected chi connectivity index (χ0v) is 14.8. The van der Waals surface area contributed by atoms with E-state index in [0.717, 1.165) is 16.8 Å². The van der Waals surface area contributed by atoms with Crippen LogP contribution in [0.3, 0.4) is 0 Å². The van der Waals surface area contributed by atoms with Crippen molar-refractivity contribution in [3.8, 4) is 0 Å². The Labute approximate surface area is 145 Å². The smallest absolute Gasteiger partial charge is 0.312 e. The van der Waals surface area contributed by atoms with Crippen LogP contribution in [0, 0.1) is 0 Å². The van der Waals surface area contributed by atoms with Crippen LogP contribution >= 0.6 is 11.3 Å². The van der Waals surface area contributed by atoms with Crippen LogP contribution in [0.4, 0.5) is 0 Å². The number of carbonyl (C=O) groups excluding carboxylic acids is 1. The van der Waals surface area contributed by atoms with Gasteiger partial charge in [0, 0.05) is 18.5 Å². The van der Waals surface area contributed by atoms with Crippen LogP contribution in [-0.4, -0.2) is 33.4 Å². The van der Waals surface area contributed by atoms with Crippen LogP contribution in [0.25, 0.3) is 0 Å². The molecule has 3 rings (SSSR count). The number of aliphatic carboxylic acids is 1. The van der Waals surface area contributed by atoms with E-state index in [1.165, 1.54) is 11.3 Å². The third-order valence-electron chi connectivity index (χ3n) is 4.25. The molecule has 6 heteroatoms. The molecule has 0 saturated heterocycles. The summed E-state index contributed by atoms with van der Waals surface area (Å²) in [6.07, 6.45) is 0. The van der Waals surface area contributed by atoms with Crippen molar-refractivity contribution in [2.45, 2.75) is 38.6 Å². The minimum absolute atomic E-state index is 0.136. The summed E-state index contributed by atoms with van der Waals surface area (Å²) in [4.78, 5) is 31.2. The molecule has 0 bridgehead atoms. The zero-order valence-electron chi connectivity index (χ0n) is 13.9. The van der Waals surface area contributed by atoms with E-state index in [0.29, 0.717) is 11.4 Å². The van der Waals surface area contributed by atoms with E-state index in [9.17, 15) is 14.7 Å². The van der Waals surface area contributed by atoms with Crippen molar-refractivity contribution in [1.29, 1.82) is 0 Å². The second-order valence-corrected chi connectivity index (χ2v) is 7.91. The highest BCUT2D eigenvalue weighted by Crippen LogP contribution is 2.32. The van der Waals surface area contributed by atoms with Gasteiger partial charge in [-0.2, -0.15) is 0 Å². The largest absolute Gasteiger partial charge is 0.481 e. The molecule has 0 spiro atoms. The van der Waals surface area contributed by atoms with Gasteiger partial charge in [-0.25, -0.2) is 4.98 Å². The van der Waals surface area contributed by atoms with Gasteiger partial charge in [0.1, 0.15) is 4.88 Å². The first-order valence-electron chi connectivity index (χ1n) is 7.83. The molecular weight excluding hydrogens is 324 g/mol. The number of amides is 1. The Morgan fingerprint density at radius 3 is 2.67 bits per heavy atom. The number of carboxylic acid groups (broad SMARTS) is 1. The molecule has 1 unspecified atom stereocenters. The zero-order chi connectivity index (χ0) is 17.5. The number of carboxylic acids is 1. The number of rotatable bonds is 2. The fourth-order valence-electron chi connectivity index (χ4n) is 3.05. The average Bonchev–Trinajstić information content (AvgIpc) is 3.02. The molecule has 1 N–H and O–H groups in total. The predicted octanol–water partition coefficient (Wildman–Crippen LogP) is 3.26. The lowest BCUT2D eigenvalue weighted by Gasteiger charge is -2.33. The first-order valence-corrected chi connectivity index (χ1v) is 8.71. The average molecular weight is 344 g/mol. The minimum Gasteiger partial charge on any atom is -0.481 e. The Hall–Kier alpha value is -2.21. The third-order valence-corrected chi connectivity index (χ3v) is 5.07. The molecule has 0 aliphatic carbocycles. The summed E-state index contributed by atoms with van der Waals surface area (Å²) in [6.45, 7) is 6.67. The number of nitrogens with zero attached hydrogens (tertiary/aromatic N) is 2. The molecule has 126 valence electrons. The number of benzene rings is 1. The molecule has 1 aliphatic rings. The summed E-state index contributed by atoms with van der Waals surface area (Å²) in [5, 5.41) is 9.55. The molecule has 24 heavy (non-hydrogen) atoms. The molecular formula is C18H20N2O3S. The highest BCUT2D eigenvalue weighted by Gasteiger charge is 2.35. The molecule has 5 nitrogen and oxygen atoms in total. The van der Waals surface area contributed by atoms with Crippen molar-refractivity contribution in [3.05, 3.63) is 51.5 Å². The van der Waals surface area contributed by atoms with Gasteiger partial charge in [0.25, 0.3) is 5.91 Å². The normalized spacial score (nSPS) is 17.5. The molecule has 1 aliphatic heterocycles. The van der Waals surface area contributed by atoms with E-state index in [-0.39, 0.29) is 17.9 Å². The van der Waals surface area contributed by atoms with Gasteiger partial charge in [-0.1, -0.05) is 45.0 Å². The van der Waals surface area contributed by atoms with E-state index < -0.39 is 11.9 Å². The minimum atomic E-state index is -0.903. The van der Waals surface area contributed by atoms with Gasteiger partial charge < -0.3 is 10.0 Å². The highest BCUT2D eigenvalue weighted by molar-refractivity contribution is 7.11. The molecule has 0 saturated carbocycles. The van der Waals surface area contributed by atoms with Gasteiger partial charge in [0.15, 0.2) is 0 Å². The lowest BCUT2D eigenvalue weighted by Crippen LogP contribution is -2.41. The first-order chi connectivity index (χ1) is 11.3. The van der Waals surface area contributed by atoms with Crippen molar-refractivity contribution < 1.29 is 14.7 Å². The summed E-state index contributed by atoms with van der Waals surface area (Å²) in [7, 11) is 0. The Kier molecular flexibility index (Phi) is 4.17. The van der Waals surface area contributed by atoms with Crippen molar-refractivity contribution in [1.82, 2.24) is 9.88 Å². The summed E-state index contributed by atoms with van der Waals surface area (Å²) in [6, 6.07) is 7.44. The number of carbonyl (C=O) groups is 2. The Bertz CT molecular complexity index is 792. The van der Waals surface area contributed by atoms with E-state index >= 15 is 0 Å². The van der Waals surface area contributed by atoms with E-state index in [4.69, 9.17) is 0 Å². The molecule has 2 heterocycles. The molecule has 1 atom stereocenters. The number of hydrogen-bond donors (Lipinski definition) is 1. The van der Waals surface area contributed by atoms with Crippen molar-refractivity contribution in [3.63, 3.8) is 0 Å². The predicted molar refractivity (Wildman–Crippen MR) is 92.4 cm³/mol.